The van der Waals surface area contributed by atoms with Gasteiger partial charge in [0.1, 0.15) is 5.75 Å². The lowest BCUT2D eigenvalue weighted by molar-refractivity contribution is -0.123. The number of aromatic nitrogens is 1. The zero-order valence-electron chi connectivity index (χ0n) is 16.2. The number of ether oxygens (including phenoxy) is 1. The van der Waals surface area contributed by atoms with Gasteiger partial charge in [0.15, 0.2) is 11.6 Å². The second-order valence-corrected chi connectivity index (χ2v) is 7.60. The third kappa shape index (κ3) is 2.87. The molecular formula is C22H19F2N3O3. The summed E-state index contributed by atoms with van der Waals surface area (Å²) in [6.07, 6.45) is 0.743. The van der Waals surface area contributed by atoms with Crippen molar-refractivity contribution in [3.63, 3.8) is 0 Å². The number of benzene rings is 2. The van der Waals surface area contributed by atoms with E-state index in [1.54, 1.807) is 7.11 Å². The number of anilines is 1. The average molecular weight is 411 g/mol. The Labute approximate surface area is 171 Å². The summed E-state index contributed by atoms with van der Waals surface area (Å²) in [5.74, 6) is -2.15. The van der Waals surface area contributed by atoms with Crippen molar-refractivity contribution in [3.05, 3.63) is 59.3 Å². The van der Waals surface area contributed by atoms with Crippen molar-refractivity contribution in [2.75, 3.05) is 18.6 Å². The third-order valence-electron chi connectivity index (χ3n) is 5.94. The number of hydrogen-bond donors (Lipinski definition) is 1. The maximum Gasteiger partial charge on any atom is 0.251 e. The lowest BCUT2D eigenvalue weighted by atomic mass is 10.0. The lowest BCUT2D eigenvalue weighted by Gasteiger charge is -2.30. The number of methoxy groups -OCH3 is 1. The highest BCUT2D eigenvalue weighted by atomic mass is 19.2. The Hall–Kier alpha value is -3.26. The summed E-state index contributed by atoms with van der Waals surface area (Å²) in [6.45, 7) is 1.12. The summed E-state index contributed by atoms with van der Waals surface area (Å²) >= 11 is 0. The molecule has 1 atom stereocenters. The number of carbonyl (C=O) groups is 2. The first-order chi connectivity index (χ1) is 14.5. The van der Waals surface area contributed by atoms with Crippen LogP contribution in [0.25, 0.3) is 10.9 Å². The topological polar surface area (TPSA) is 65.6 Å². The molecule has 3 aromatic rings. The van der Waals surface area contributed by atoms with Gasteiger partial charge in [0.25, 0.3) is 5.91 Å². The quantitative estimate of drug-likeness (QED) is 0.673. The zero-order chi connectivity index (χ0) is 21.0. The number of H-pyrrole nitrogens is 1. The third-order valence-corrected chi connectivity index (χ3v) is 5.94. The molecule has 2 amide bonds. The second-order valence-electron chi connectivity index (χ2n) is 7.60. The van der Waals surface area contributed by atoms with E-state index in [9.17, 15) is 18.4 Å². The standard InChI is InChI=1S/C22H19F2N3O3/c1-30-13-3-5-18-15(9-13)14-6-7-26(11-19(14)25-18)20-10-21(28)27(22(20)29)12-2-4-16(23)17(24)8-12/h2-5,8-9,20,25H,6-7,10-11H2,1H3/t20-/m1/s1. The van der Waals surface area contributed by atoms with Crippen LogP contribution < -0.4 is 9.64 Å². The SMILES string of the molecule is COc1ccc2[nH]c3c(c2c1)CCN([C@@H]1CC(=O)N(c2ccc(F)c(F)c2)C1=O)C3. The number of carbonyl (C=O) groups excluding carboxylic acids is 2. The van der Waals surface area contributed by atoms with Gasteiger partial charge >= 0.3 is 0 Å². The van der Waals surface area contributed by atoms with Gasteiger partial charge in [-0.05, 0) is 42.3 Å². The first-order valence-electron chi connectivity index (χ1n) is 9.69. The number of fused-ring (bicyclic) bond motifs is 3. The van der Waals surface area contributed by atoms with E-state index in [2.05, 4.69) is 4.98 Å². The molecule has 6 nitrogen and oxygen atoms in total. The summed E-state index contributed by atoms with van der Waals surface area (Å²) in [4.78, 5) is 31.9. The van der Waals surface area contributed by atoms with E-state index >= 15 is 0 Å². The molecule has 0 radical (unpaired) electrons. The van der Waals surface area contributed by atoms with Gasteiger partial charge in [-0.3, -0.25) is 14.5 Å². The highest BCUT2D eigenvalue weighted by molar-refractivity contribution is 6.22. The summed E-state index contributed by atoms with van der Waals surface area (Å²) in [5, 5.41) is 1.10. The van der Waals surface area contributed by atoms with Crippen LogP contribution in [0.4, 0.5) is 14.5 Å². The van der Waals surface area contributed by atoms with Crippen molar-refractivity contribution < 1.29 is 23.1 Å². The molecule has 1 saturated heterocycles. The number of nitrogens with one attached hydrogen (secondary N) is 1. The Bertz CT molecular complexity index is 1190. The number of aromatic amines is 1. The molecule has 0 saturated carbocycles. The first kappa shape index (κ1) is 18.7. The molecule has 154 valence electrons. The van der Waals surface area contributed by atoms with E-state index in [1.807, 2.05) is 23.1 Å². The Morgan fingerprint density at radius 3 is 2.70 bits per heavy atom. The van der Waals surface area contributed by atoms with Crippen LogP contribution >= 0.6 is 0 Å². The van der Waals surface area contributed by atoms with Crippen LogP contribution in [0, 0.1) is 11.6 Å². The van der Waals surface area contributed by atoms with Gasteiger partial charge in [-0.15, -0.1) is 0 Å². The number of nitrogens with zero attached hydrogens (tertiary/aromatic N) is 2. The van der Waals surface area contributed by atoms with E-state index in [-0.39, 0.29) is 12.1 Å². The molecule has 1 aromatic heterocycles. The van der Waals surface area contributed by atoms with Crippen molar-refractivity contribution in [2.45, 2.75) is 25.4 Å². The van der Waals surface area contributed by atoms with E-state index in [4.69, 9.17) is 4.74 Å². The Kier molecular flexibility index (Phi) is 4.32. The van der Waals surface area contributed by atoms with Gasteiger partial charge in [0, 0.05) is 35.8 Å². The summed E-state index contributed by atoms with van der Waals surface area (Å²) in [5.41, 5.74) is 3.26. The summed E-state index contributed by atoms with van der Waals surface area (Å²) in [7, 11) is 1.63. The molecule has 0 aliphatic carbocycles. The lowest BCUT2D eigenvalue weighted by Crippen LogP contribution is -2.44. The Morgan fingerprint density at radius 1 is 1.10 bits per heavy atom. The summed E-state index contributed by atoms with van der Waals surface area (Å²) in [6, 6.07) is 8.27. The van der Waals surface area contributed by atoms with E-state index in [0.717, 1.165) is 45.8 Å². The Morgan fingerprint density at radius 2 is 1.93 bits per heavy atom. The minimum atomic E-state index is -1.09. The molecule has 1 fully saturated rings. The van der Waals surface area contributed by atoms with Gasteiger partial charge in [-0.1, -0.05) is 0 Å². The smallest absolute Gasteiger partial charge is 0.251 e. The molecule has 0 bridgehead atoms. The molecule has 2 aliphatic rings. The predicted molar refractivity (Wildman–Crippen MR) is 106 cm³/mol. The second kappa shape index (κ2) is 6.91. The monoisotopic (exact) mass is 411 g/mol. The zero-order valence-corrected chi connectivity index (χ0v) is 16.2. The number of imide groups is 1. The van der Waals surface area contributed by atoms with Crippen LogP contribution in [-0.2, 0) is 22.6 Å². The maximum atomic E-state index is 13.6. The maximum absolute atomic E-state index is 13.6. The summed E-state index contributed by atoms with van der Waals surface area (Å²) < 4.78 is 32.2. The highest BCUT2D eigenvalue weighted by Crippen LogP contribution is 2.33. The molecular weight excluding hydrogens is 392 g/mol. The molecule has 0 spiro atoms. The fraction of sp³-hybridized carbons (Fsp3) is 0.273. The number of halogens is 2. The molecule has 3 heterocycles. The molecule has 0 unspecified atom stereocenters. The molecule has 1 N–H and O–H groups in total. The van der Waals surface area contributed by atoms with Crippen molar-refractivity contribution in [1.29, 1.82) is 0 Å². The number of hydrogen-bond acceptors (Lipinski definition) is 4. The van der Waals surface area contributed by atoms with Gasteiger partial charge in [0.2, 0.25) is 5.91 Å². The van der Waals surface area contributed by atoms with Crippen LogP contribution in [0.15, 0.2) is 36.4 Å². The molecule has 5 rings (SSSR count). The van der Waals surface area contributed by atoms with Gasteiger partial charge in [-0.2, -0.15) is 0 Å². The largest absolute Gasteiger partial charge is 0.497 e. The minimum absolute atomic E-state index is 0.0151. The van der Waals surface area contributed by atoms with Crippen LogP contribution in [0.2, 0.25) is 0 Å². The Balaban J connectivity index is 1.41. The van der Waals surface area contributed by atoms with Crippen LogP contribution in [0.5, 0.6) is 5.75 Å². The van der Waals surface area contributed by atoms with Crippen LogP contribution in [0.1, 0.15) is 17.7 Å². The van der Waals surface area contributed by atoms with Gasteiger partial charge in [-0.25, -0.2) is 13.7 Å². The normalized spacial score (nSPS) is 19.6. The van der Waals surface area contributed by atoms with E-state index < -0.39 is 29.5 Å². The number of rotatable bonds is 3. The molecule has 2 aliphatic heterocycles. The van der Waals surface area contributed by atoms with E-state index in [0.29, 0.717) is 13.1 Å². The van der Waals surface area contributed by atoms with Crippen molar-refractivity contribution >= 4 is 28.4 Å². The highest BCUT2D eigenvalue weighted by Gasteiger charge is 2.43. The average Bonchev–Trinajstić information content (AvgIpc) is 3.25. The minimum Gasteiger partial charge on any atom is -0.497 e. The van der Waals surface area contributed by atoms with Gasteiger partial charge < -0.3 is 9.72 Å². The number of amides is 2. The first-order valence-corrected chi connectivity index (χ1v) is 9.69. The van der Waals surface area contributed by atoms with E-state index in [1.165, 1.54) is 11.6 Å². The van der Waals surface area contributed by atoms with Gasteiger partial charge in [0.05, 0.1) is 25.3 Å². The van der Waals surface area contributed by atoms with Crippen LogP contribution in [-0.4, -0.2) is 41.4 Å². The molecule has 30 heavy (non-hydrogen) atoms. The van der Waals surface area contributed by atoms with Crippen molar-refractivity contribution in [2.24, 2.45) is 0 Å². The molecule has 2 aromatic carbocycles. The molecule has 8 heteroatoms. The van der Waals surface area contributed by atoms with Crippen LogP contribution in [0.3, 0.4) is 0 Å². The van der Waals surface area contributed by atoms with Crippen molar-refractivity contribution in [3.8, 4) is 5.75 Å². The fourth-order valence-corrected chi connectivity index (χ4v) is 4.43. The fourth-order valence-electron chi connectivity index (χ4n) is 4.43. The predicted octanol–water partition coefficient (Wildman–Crippen LogP) is 3.14. The van der Waals surface area contributed by atoms with Crippen molar-refractivity contribution in [1.82, 2.24) is 9.88 Å².